The van der Waals surface area contributed by atoms with Crippen molar-refractivity contribution in [2.75, 3.05) is 14.1 Å². The zero-order valence-corrected chi connectivity index (χ0v) is 17.6. The molecule has 0 amide bonds. The molecule has 0 saturated heterocycles. The van der Waals surface area contributed by atoms with Crippen molar-refractivity contribution in [1.29, 1.82) is 0 Å². The Bertz CT molecular complexity index is 1380. The number of benzene rings is 2. The number of para-hydroxylation sites is 2. The number of hydrogen-bond acceptors (Lipinski definition) is 5. The van der Waals surface area contributed by atoms with Gasteiger partial charge in [0, 0.05) is 10.8 Å². The molecule has 0 aliphatic rings. The lowest BCUT2D eigenvalue weighted by molar-refractivity contribution is -0.873. The summed E-state index contributed by atoms with van der Waals surface area (Å²) in [4.78, 5) is 23.9. The third-order valence-electron chi connectivity index (χ3n) is 4.98. The van der Waals surface area contributed by atoms with Crippen LogP contribution < -0.4 is 10.5 Å². The fraction of sp³-hybridized carbons (Fsp3) is 0.174. The van der Waals surface area contributed by atoms with Gasteiger partial charge in [0.1, 0.15) is 22.8 Å². The quantitative estimate of drug-likeness (QED) is 0.478. The Morgan fingerprint density at radius 3 is 2.70 bits per heavy atom. The fourth-order valence-corrected chi connectivity index (χ4v) is 4.34. The van der Waals surface area contributed by atoms with Crippen molar-refractivity contribution in [2.24, 2.45) is 0 Å². The first kappa shape index (κ1) is 18.7. The molecular formula is C23H21N4O2S+. The number of quaternary nitrogens is 1. The summed E-state index contributed by atoms with van der Waals surface area (Å²) in [6.45, 7) is 1.05. The van der Waals surface area contributed by atoms with Crippen LogP contribution in [-0.2, 0) is 13.1 Å². The molecule has 3 heterocycles. The van der Waals surface area contributed by atoms with Gasteiger partial charge >= 0.3 is 0 Å². The summed E-state index contributed by atoms with van der Waals surface area (Å²) in [6.07, 6.45) is 0. The summed E-state index contributed by atoms with van der Waals surface area (Å²) in [5, 5.41) is 4.50. The van der Waals surface area contributed by atoms with Crippen LogP contribution in [0.3, 0.4) is 0 Å². The Labute approximate surface area is 177 Å². The molecule has 150 valence electrons. The van der Waals surface area contributed by atoms with Gasteiger partial charge in [-0.3, -0.25) is 9.36 Å². The maximum absolute atomic E-state index is 13.2. The zero-order chi connectivity index (χ0) is 20.7. The molecule has 6 nitrogen and oxygen atoms in total. The average Bonchev–Trinajstić information content (AvgIpc) is 3.37. The highest BCUT2D eigenvalue weighted by molar-refractivity contribution is 7.09. The van der Waals surface area contributed by atoms with Crippen molar-refractivity contribution < 1.29 is 9.32 Å². The summed E-state index contributed by atoms with van der Waals surface area (Å²) in [5.74, 6) is 1.50. The molecule has 0 bridgehead atoms. The molecule has 0 aliphatic heterocycles. The van der Waals surface area contributed by atoms with E-state index in [-0.39, 0.29) is 5.56 Å². The molecule has 0 atom stereocenters. The number of rotatable bonds is 5. The Balaban J connectivity index is 1.54. The van der Waals surface area contributed by atoms with Gasteiger partial charge in [0.25, 0.3) is 5.56 Å². The van der Waals surface area contributed by atoms with Gasteiger partial charge in [-0.15, -0.1) is 11.3 Å². The predicted octanol–water partition coefficient (Wildman–Crippen LogP) is 2.96. The molecule has 0 unspecified atom stereocenters. The summed E-state index contributed by atoms with van der Waals surface area (Å²) < 4.78 is 7.68. The Morgan fingerprint density at radius 2 is 1.87 bits per heavy atom. The first-order valence-corrected chi connectivity index (χ1v) is 10.7. The van der Waals surface area contributed by atoms with E-state index in [0.29, 0.717) is 18.5 Å². The predicted molar refractivity (Wildman–Crippen MR) is 119 cm³/mol. The van der Waals surface area contributed by atoms with Gasteiger partial charge < -0.3 is 9.32 Å². The Hall–Kier alpha value is -3.29. The van der Waals surface area contributed by atoms with Crippen molar-refractivity contribution in [3.8, 4) is 11.5 Å². The minimum atomic E-state index is -0.0302. The van der Waals surface area contributed by atoms with E-state index in [9.17, 15) is 4.79 Å². The number of nitrogens with one attached hydrogen (secondary N) is 1. The number of fused-ring (bicyclic) bond motifs is 2. The molecule has 0 radical (unpaired) electrons. The molecule has 0 aliphatic carbocycles. The molecule has 3 aromatic heterocycles. The van der Waals surface area contributed by atoms with Crippen LogP contribution in [-0.4, -0.2) is 28.6 Å². The molecule has 30 heavy (non-hydrogen) atoms. The van der Waals surface area contributed by atoms with Crippen LogP contribution in [0.5, 0.6) is 0 Å². The molecular weight excluding hydrogens is 396 g/mol. The molecule has 0 saturated carbocycles. The van der Waals surface area contributed by atoms with Crippen LogP contribution in [0.2, 0.25) is 0 Å². The standard InChI is InChI=1S/C23H20N4O2S/c1-26(2)12-21-24-17-9-5-4-8-16(17)23(28)27(21)13-22-25-18(14-30-22)20-11-15-7-3-6-10-19(15)29-20/h3-11,14H,12-13H2,1-2H3/p+1. The summed E-state index contributed by atoms with van der Waals surface area (Å²) in [6, 6.07) is 17.4. The highest BCUT2D eigenvalue weighted by Crippen LogP contribution is 2.28. The molecule has 5 rings (SSSR count). The lowest BCUT2D eigenvalue weighted by Gasteiger charge is -2.14. The van der Waals surface area contributed by atoms with Crippen molar-refractivity contribution in [3.05, 3.63) is 81.2 Å². The van der Waals surface area contributed by atoms with Crippen molar-refractivity contribution in [1.82, 2.24) is 14.5 Å². The number of thiazole rings is 1. The van der Waals surface area contributed by atoms with Crippen LogP contribution >= 0.6 is 11.3 Å². The molecule has 1 N–H and O–H groups in total. The highest BCUT2D eigenvalue weighted by atomic mass is 32.1. The minimum Gasteiger partial charge on any atom is -0.454 e. The summed E-state index contributed by atoms with van der Waals surface area (Å²) in [5.41, 5.74) is 2.33. The third-order valence-corrected chi connectivity index (χ3v) is 5.81. The van der Waals surface area contributed by atoms with Crippen LogP contribution in [0, 0.1) is 0 Å². The van der Waals surface area contributed by atoms with Crippen molar-refractivity contribution in [2.45, 2.75) is 13.1 Å². The molecule has 7 heteroatoms. The molecule has 0 fully saturated rings. The number of furan rings is 1. The van der Waals surface area contributed by atoms with Gasteiger partial charge in [0.2, 0.25) is 0 Å². The number of nitrogens with zero attached hydrogens (tertiary/aromatic N) is 3. The van der Waals surface area contributed by atoms with Gasteiger partial charge in [0.15, 0.2) is 11.6 Å². The van der Waals surface area contributed by atoms with Gasteiger partial charge in [0.05, 0.1) is 31.5 Å². The maximum atomic E-state index is 13.2. The second-order valence-electron chi connectivity index (χ2n) is 7.60. The van der Waals surface area contributed by atoms with Crippen LogP contribution in [0.1, 0.15) is 10.8 Å². The SMILES string of the molecule is C[NH+](C)Cc1nc2ccccc2c(=O)n1Cc1nc(-c2cc3ccccc3o2)cs1. The largest absolute Gasteiger partial charge is 0.454 e. The smallest absolute Gasteiger partial charge is 0.261 e. The van der Waals surface area contributed by atoms with E-state index in [1.54, 1.807) is 4.57 Å². The van der Waals surface area contributed by atoms with E-state index < -0.39 is 0 Å². The van der Waals surface area contributed by atoms with Gasteiger partial charge in [-0.25, -0.2) is 9.97 Å². The lowest BCUT2D eigenvalue weighted by Crippen LogP contribution is -3.04. The van der Waals surface area contributed by atoms with Crippen LogP contribution in [0.15, 0.2) is 69.2 Å². The Kier molecular flexibility index (Phi) is 4.69. The van der Waals surface area contributed by atoms with E-state index in [1.165, 1.54) is 16.2 Å². The van der Waals surface area contributed by atoms with Gasteiger partial charge in [-0.05, 0) is 24.3 Å². The first-order chi connectivity index (χ1) is 14.6. The third kappa shape index (κ3) is 3.42. The van der Waals surface area contributed by atoms with E-state index in [1.807, 2.05) is 60.0 Å². The van der Waals surface area contributed by atoms with E-state index in [4.69, 9.17) is 14.4 Å². The number of aromatic nitrogens is 3. The zero-order valence-electron chi connectivity index (χ0n) is 16.8. The molecule has 2 aromatic carbocycles. The lowest BCUT2D eigenvalue weighted by atomic mass is 10.2. The van der Waals surface area contributed by atoms with Crippen LogP contribution in [0.25, 0.3) is 33.3 Å². The average molecular weight is 418 g/mol. The molecule has 0 spiro atoms. The minimum absolute atomic E-state index is 0.0302. The van der Waals surface area contributed by atoms with Gasteiger partial charge in [-0.1, -0.05) is 30.3 Å². The van der Waals surface area contributed by atoms with E-state index in [2.05, 4.69) is 14.1 Å². The van der Waals surface area contributed by atoms with Crippen molar-refractivity contribution in [3.63, 3.8) is 0 Å². The summed E-state index contributed by atoms with van der Waals surface area (Å²) in [7, 11) is 4.10. The highest BCUT2D eigenvalue weighted by Gasteiger charge is 2.16. The summed E-state index contributed by atoms with van der Waals surface area (Å²) >= 11 is 1.53. The second kappa shape index (κ2) is 7.51. The van der Waals surface area contributed by atoms with Crippen molar-refractivity contribution >= 4 is 33.2 Å². The van der Waals surface area contributed by atoms with E-state index >= 15 is 0 Å². The first-order valence-electron chi connectivity index (χ1n) is 9.79. The normalized spacial score (nSPS) is 11.7. The second-order valence-corrected chi connectivity index (χ2v) is 8.54. The van der Waals surface area contributed by atoms with E-state index in [0.717, 1.165) is 38.8 Å². The van der Waals surface area contributed by atoms with Gasteiger partial charge in [-0.2, -0.15) is 0 Å². The maximum Gasteiger partial charge on any atom is 0.261 e. The number of hydrogen-bond donors (Lipinski definition) is 1. The fourth-order valence-electron chi connectivity index (χ4n) is 3.57. The molecule has 5 aromatic rings. The topological polar surface area (TPSA) is 65.4 Å². The van der Waals surface area contributed by atoms with Crippen LogP contribution in [0.4, 0.5) is 0 Å². The Morgan fingerprint density at radius 1 is 1.07 bits per heavy atom. The monoisotopic (exact) mass is 417 g/mol.